The molecule has 0 aromatic carbocycles. The van der Waals surface area contributed by atoms with Gasteiger partial charge in [0, 0.05) is 25.6 Å². The zero-order chi connectivity index (χ0) is 15.6. The Kier molecular flexibility index (Phi) is 10.3. The van der Waals surface area contributed by atoms with Gasteiger partial charge in [0.2, 0.25) is 0 Å². The van der Waals surface area contributed by atoms with Gasteiger partial charge in [0.25, 0.3) is 0 Å². The van der Waals surface area contributed by atoms with Crippen molar-refractivity contribution in [2.45, 2.75) is 58.1 Å². The van der Waals surface area contributed by atoms with Gasteiger partial charge in [-0.15, -0.1) is 24.0 Å². The summed E-state index contributed by atoms with van der Waals surface area (Å²) < 4.78 is 11.1. The minimum Gasteiger partial charge on any atom is -0.469 e. The van der Waals surface area contributed by atoms with Crippen LogP contribution < -0.4 is 10.6 Å². The topological polar surface area (TPSA) is 58.8 Å². The Hall–Kier alpha value is -0.760. The molecule has 23 heavy (non-hydrogen) atoms. The van der Waals surface area contributed by atoms with E-state index in [0.29, 0.717) is 6.04 Å². The minimum absolute atomic E-state index is 0. The Bertz CT molecular complexity index is 431. The van der Waals surface area contributed by atoms with Crippen molar-refractivity contribution in [3.05, 3.63) is 24.2 Å². The molecule has 1 aliphatic heterocycles. The molecular weight excluding hydrogens is 405 g/mol. The van der Waals surface area contributed by atoms with Crippen LogP contribution >= 0.6 is 24.0 Å². The summed E-state index contributed by atoms with van der Waals surface area (Å²) in [5.41, 5.74) is 0. The Labute approximate surface area is 156 Å². The standard InChI is InChI=1S/C17H29N3O2.HI/c1-3-14(2)20-17(18-10-9-15-8-6-12-21-15)19-13-16-7-4-5-11-22-16;/h6,8,12,14,16H,3-5,7,9-11,13H2,1-2H3,(H2,18,19,20);1H. The first-order valence-corrected chi connectivity index (χ1v) is 8.46. The highest BCUT2D eigenvalue weighted by molar-refractivity contribution is 14.0. The molecule has 1 aromatic rings. The van der Waals surface area contributed by atoms with Gasteiger partial charge in [-0.05, 0) is 44.7 Å². The Morgan fingerprint density at radius 2 is 2.30 bits per heavy atom. The van der Waals surface area contributed by atoms with Crippen molar-refractivity contribution in [3.8, 4) is 0 Å². The van der Waals surface area contributed by atoms with Crippen LogP contribution in [0.1, 0.15) is 45.3 Å². The third kappa shape index (κ3) is 8.06. The van der Waals surface area contributed by atoms with Gasteiger partial charge < -0.3 is 19.8 Å². The van der Waals surface area contributed by atoms with E-state index in [1.54, 1.807) is 6.26 Å². The summed E-state index contributed by atoms with van der Waals surface area (Å²) in [6.07, 6.45) is 7.45. The lowest BCUT2D eigenvalue weighted by Crippen LogP contribution is -2.43. The van der Waals surface area contributed by atoms with Gasteiger partial charge in [-0.2, -0.15) is 0 Å². The third-order valence-electron chi connectivity index (χ3n) is 3.97. The molecule has 2 heterocycles. The molecule has 1 fully saturated rings. The molecule has 1 saturated heterocycles. The molecule has 0 aliphatic carbocycles. The molecule has 0 amide bonds. The molecule has 5 nitrogen and oxygen atoms in total. The van der Waals surface area contributed by atoms with Gasteiger partial charge in [-0.25, -0.2) is 0 Å². The first-order valence-electron chi connectivity index (χ1n) is 8.46. The smallest absolute Gasteiger partial charge is 0.191 e. The second-order valence-corrected chi connectivity index (χ2v) is 5.89. The van der Waals surface area contributed by atoms with Crippen molar-refractivity contribution in [1.82, 2.24) is 10.6 Å². The zero-order valence-electron chi connectivity index (χ0n) is 14.2. The lowest BCUT2D eigenvalue weighted by atomic mass is 10.1. The lowest BCUT2D eigenvalue weighted by Gasteiger charge is -2.22. The van der Waals surface area contributed by atoms with E-state index in [1.165, 1.54) is 12.8 Å². The van der Waals surface area contributed by atoms with E-state index < -0.39 is 0 Å². The maximum atomic E-state index is 5.75. The number of hydrogen-bond acceptors (Lipinski definition) is 3. The van der Waals surface area contributed by atoms with Crippen LogP contribution in [0.3, 0.4) is 0 Å². The maximum absolute atomic E-state index is 5.75. The maximum Gasteiger partial charge on any atom is 0.191 e. The monoisotopic (exact) mass is 435 g/mol. The van der Waals surface area contributed by atoms with Gasteiger partial charge >= 0.3 is 0 Å². The summed E-state index contributed by atoms with van der Waals surface area (Å²) in [6.45, 7) is 6.75. The molecule has 6 heteroatoms. The van der Waals surface area contributed by atoms with E-state index in [1.807, 2.05) is 12.1 Å². The number of hydrogen-bond donors (Lipinski definition) is 2. The van der Waals surface area contributed by atoms with Gasteiger partial charge in [0.15, 0.2) is 5.96 Å². The highest BCUT2D eigenvalue weighted by Crippen LogP contribution is 2.12. The molecule has 1 aromatic heterocycles. The van der Waals surface area contributed by atoms with Crippen LogP contribution in [0.2, 0.25) is 0 Å². The highest BCUT2D eigenvalue weighted by atomic mass is 127. The second kappa shape index (κ2) is 11.7. The summed E-state index contributed by atoms with van der Waals surface area (Å²) in [5.74, 6) is 1.86. The number of ether oxygens (including phenoxy) is 1. The van der Waals surface area contributed by atoms with Gasteiger partial charge in [0.1, 0.15) is 5.76 Å². The summed E-state index contributed by atoms with van der Waals surface area (Å²) in [6, 6.07) is 4.32. The number of nitrogens with zero attached hydrogens (tertiary/aromatic N) is 1. The molecule has 2 unspecified atom stereocenters. The van der Waals surface area contributed by atoms with Crippen LogP contribution in [0, 0.1) is 0 Å². The molecule has 0 saturated carbocycles. The van der Waals surface area contributed by atoms with Crippen LogP contribution in [-0.4, -0.2) is 37.8 Å². The highest BCUT2D eigenvalue weighted by Gasteiger charge is 2.13. The van der Waals surface area contributed by atoms with E-state index in [4.69, 9.17) is 14.1 Å². The van der Waals surface area contributed by atoms with E-state index in [0.717, 1.165) is 50.7 Å². The van der Waals surface area contributed by atoms with Crippen molar-refractivity contribution in [3.63, 3.8) is 0 Å². The first kappa shape index (κ1) is 20.3. The molecule has 0 bridgehead atoms. The quantitative estimate of drug-likeness (QED) is 0.392. The largest absolute Gasteiger partial charge is 0.469 e. The van der Waals surface area contributed by atoms with E-state index in [2.05, 4.69) is 24.5 Å². The summed E-state index contributed by atoms with van der Waals surface area (Å²) in [5, 5.41) is 6.83. The third-order valence-corrected chi connectivity index (χ3v) is 3.97. The first-order chi connectivity index (χ1) is 10.8. The fourth-order valence-corrected chi connectivity index (χ4v) is 2.39. The SMILES string of the molecule is CCC(C)NC(=NCC1CCCCO1)NCCc1ccco1.I. The molecule has 1 aliphatic rings. The van der Waals surface area contributed by atoms with Crippen LogP contribution in [0.25, 0.3) is 0 Å². The number of halogens is 1. The van der Waals surface area contributed by atoms with Crippen LogP contribution in [0.15, 0.2) is 27.8 Å². The van der Waals surface area contributed by atoms with E-state index in [-0.39, 0.29) is 30.1 Å². The van der Waals surface area contributed by atoms with Crippen molar-refractivity contribution in [1.29, 1.82) is 0 Å². The van der Waals surface area contributed by atoms with E-state index in [9.17, 15) is 0 Å². The van der Waals surface area contributed by atoms with Crippen molar-refractivity contribution >= 4 is 29.9 Å². The minimum atomic E-state index is 0. The van der Waals surface area contributed by atoms with E-state index >= 15 is 0 Å². The number of guanidine groups is 1. The normalized spacial score (nSPS) is 19.7. The predicted molar refractivity (Wildman–Crippen MR) is 105 cm³/mol. The second-order valence-electron chi connectivity index (χ2n) is 5.89. The molecule has 132 valence electrons. The van der Waals surface area contributed by atoms with Crippen molar-refractivity contribution < 1.29 is 9.15 Å². The van der Waals surface area contributed by atoms with Crippen molar-refractivity contribution in [2.24, 2.45) is 4.99 Å². The predicted octanol–water partition coefficient (Wildman–Crippen LogP) is 3.34. The number of rotatable bonds is 7. The molecule has 0 radical (unpaired) electrons. The van der Waals surface area contributed by atoms with Gasteiger partial charge in [-0.3, -0.25) is 4.99 Å². The molecule has 2 N–H and O–H groups in total. The number of aliphatic imine (C=N–C) groups is 1. The fourth-order valence-electron chi connectivity index (χ4n) is 2.39. The molecular formula is C17H30IN3O2. The molecule has 0 spiro atoms. The number of nitrogens with one attached hydrogen (secondary N) is 2. The zero-order valence-corrected chi connectivity index (χ0v) is 16.5. The van der Waals surface area contributed by atoms with Crippen molar-refractivity contribution in [2.75, 3.05) is 19.7 Å². The van der Waals surface area contributed by atoms with Crippen LogP contribution in [0.5, 0.6) is 0 Å². The molecule has 2 rings (SSSR count). The Morgan fingerprint density at radius 3 is 2.96 bits per heavy atom. The van der Waals surface area contributed by atoms with Crippen LogP contribution in [-0.2, 0) is 11.2 Å². The van der Waals surface area contributed by atoms with Crippen LogP contribution in [0.4, 0.5) is 0 Å². The molecule has 2 atom stereocenters. The Balaban J connectivity index is 0.00000264. The fraction of sp³-hybridized carbons (Fsp3) is 0.706. The average Bonchev–Trinajstić information content (AvgIpc) is 3.06. The number of furan rings is 1. The Morgan fingerprint density at radius 1 is 1.43 bits per heavy atom. The average molecular weight is 435 g/mol. The lowest BCUT2D eigenvalue weighted by molar-refractivity contribution is 0.0224. The summed E-state index contributed by atoms with van der Waals surface area (Å²) in [7, 11) is 0. The van der Waals surface area contributed by atoms with Gasteiger partial charge in [-0.1, -0.05) is 6.92 Å². The van der Waals surface area contributed by atoms with Gasteiger partial charge in [0.05, 0.1) is 18.9 Å². The summed E-state index contributed by atoms with van der Waals surface area (Å²) >= 11 is 0. The summed E-state index contributed by atoms with van der Waals surface area (Å²) in [4.78, 5) is 4.69.